The zero-order valence-corrected chi connectivity index (χ0v) is 7.06. The lowest BCUT2D eigenvalue weighted by molar-refractivity contribution is 0.159. The van der Waals surface area contributed by atoms with E-state index in [1.54, 1.807) is 0 Å². The molecule has 0 aromatic rings. The van der Waals surface area contributed by atoms with Gasteiger partial charge in [0, 0.05) is 6.54 Å². The summed E-state index contributed by atoms with van der Waals surface area (Å²) in [5, 5.41) is 8.29. The average molecular weight is 145 g/mol. The minimum atomic E-state index is 0.727. The van der Waals surface area contributed by atoms with Gasteiger partial charge in [-0.05, 0) is 12.3 Å². The molecule has 2 heteroatoms. The molecule has 0 aromatic carbocycles. The highest BCUT2D eigenvalue weighted by Crippen LogP contribution is 2.10. The van der Waals surface area contributed by atoms with E-state index in [-0.39, 0.29) is 0 Å². The van der Waals surface area contributed by atoms with Crippen LogP contribution in [-0.2, 0) is 0 Å². The maximum atomic E-state index is 8.29. The second-order valence-electron chi connectivity index (χ2n) is 2.94. The Balaban J connectivity index is 3.00. The van der Waals surface area contributed by atoms with E-state index in [9.17, 15) is 0 Å². The standard InChI is InChI=1S/C8H19NO/c1-3-4-5-8(2)6-7-9-10/h8-10H,3-7H2,1-2H3. The number of hydrogen-bond donors (Lipinski definition) is 2. The van der Waals surface area contributed by atoms with Crippen LogP contribution < -0.4 is 5.48 Å². The first-order valence-electron chi connectivity index (χ1n) is 4.18. The third kappa shape index (κ3) is 6.05. The molecule has 0 amide bonds. The molecule has 0 aliphatic carbocycles. The van der Waals surface area contributed by atoms with Crippen molar-refractivity contribution in [2.75, 3.05) is 6.54 Å². The van der Waals surface area contributed by atoms with Gasteiger partial charge in [-0.3, -0.25) is 0 Å². The molecule has 0 spiro atoms. The number of nitrogens with one attached hydrogen (secondary N) is 1. The van der Waals surface area contributed by atoms with Crippen molar-refractivity contribution in [3.8, 4) is 0 Å². The Bertz CT molecular complexity index is 58.3. The molecule has 2 N–H and O–H groups in total. The minimum absolute atomic E-state index is 0.727. The van der Waals surface area contributed by atoms with Crippen molar-refractivity contribution in [1.82, 2.24) is 5.48 Å². The molecule has 0 fully saturated rings. The fraction of sp³-hybridized carbons (Fsp3) is 1.00. The van der Waals surface area contributed by atoms with E-state index in [2.05, 4.69) is 19.3 Å². The molecule has 0 radical (unpaired) electrons. The van der Waals surface area contributed by atoms with Crippen LogP contribution in [-0.4, -0.2) is 11.8 Å². The summed E-state index contributed by atoms with van der Waals surface area (Å²) >= 11 is 0. The van der Waals surface area contributed by atoms with Crippen LogP contribution in [0.5, 0.6) is 0 Å². The molecular formula is C8H19NO. The second-order valence-corrected chi connectivity index (χ2v) is 2.94. The molecule has 0 bridgehead atoms. The van der Waals surface area contributed by atoms with Crippen molar-refractivity contribution in [1.29, 1.82) is 0 Å². The third-order valence-electron chi connectivity index (χ3n) is 1.80. The van der Waals surface area contributed by atoms with Gasteiger partial charge in [-0.25, -0.2) is 5.48 Å². The van der Waals surface area contributed by atoms with Crippen LogP contribution >= 0.6 is 0 Å². The van der Waals surface area contributed by atoms with E-state index in [4.69, 9.17) is 5.21 Å². The van der Waals surface area contributed by atoms with Crippen molar-refractivity contribution in [3.63, 3.8) is 0 Å². The van der Waals surface area contributed by atoms with Crippen molar-refractivity contribution in [2.24, 2.45) is 5.92 Å². The van der Waals surface area contributed by atoms with Crippen LogP contribution in [0.3, 0.4) is 0 Å². The number of rotatable bonds is 6. The van der Waals surface area contributed by atoms with Crippen molar-refractivity contribution < 1.29 is 5.21 Å². The molecule has 0 aromatic heterocycles. The Hall–Kier alpha value is -0.0800. The molecule has 62 valence electrons. The van der Waals surface area contributed by atoms with Crippen LogP contribution in [0.4, 0.5) is 0 Å². The molecule has 2 nitrogen and oxygen atoms in total. The van der Waals surface area contributed by atoms with Gasteiger partial charge >= 0.3 is 0 Å². The highest BCUT2D eigenvalue weighted by Gasteiger charge is 1.99. The summed E-state index contributed by atoms with van der Waals surface area (Å²) in [6, 6.07) is 0. The van der Waals surface area contributed by atoms with Gasteiger partial charge < -0.3 is 5.21 Å². The predicted molar refractivity (Wildman–Crippen MR) is 43.1 cm³/mol. The molecule has 10 heavy (non-hydrogen) atoms. The lowest BCUT2D eigenvalue weighted by Gasteiger charge is -2.08. The smallest absolute Gasteiger partial charge is 0.0210 e. The van der Waals surface area contributed by atoms with Crippen LogP contribution in [0.1, 0.15) is 39.5 Å². The number of hydroxylamine groups is 1. The van der Waals surface area contributed by atoms with Crippen molar-refractivity contribution >= 4 is 0 Å². The summed E-state index contributed by atoms with van der Waals surface area (Å²) in [7, 11) is 0. The summed E-state index contributed by atoms with van der Waals surface area (Å²) in [6.07, 6.45) is 4.96. The zero-order valence-electron chi connectivity index (χ0n) is 7.06. The van der Waals surface area contributed by atoms with Gasteiger partial charge in [-0.2, -0.15) is 0 Å². The van der Waals surface area contributed by atoms with Crippen LogP contribution in [0, 0.1) is 5.92 Å². The molecule has 0 aliphatic heterocycles. The van der Waals surface area contributed by atoms with Gasteiger partial charge in [-0.15, -0.1) is 0 Å². The normalized spacial score (nSPS) is 13.5. The SMILES string of the molecule is CCCCC(C)CCNO. The van der Waals surface area contributed by atoms with E-state index >= 15 is 0 Å². The van der Waals surface area contributed by atoms with Crippen LogP contribution in [0.25, 0.3) is 0 Å². The van der Waals surface area contributed by atoms with E-state index in [0.717, 1.165) is 18.9 Å². The largest absolute Gasteiger partial charge is 0.317 e. The molecule has 1 unspecified atom stereocenters. The van der Waals surface area contributed by atoms with Crippen molar-refractivity contribution in [3.05, 3.63) is 0 Å². The molecule has 0 saturated carbocycles. The minimum Gasteiger partial charge on any atom is -0.317 e. The topological polar surface area (TPSA) is 32.3 Å². The predicted octanol–water partition coefficient (Wildman–Crippen LogP) is 2.18. The monoisotopic (exact) mass is 145 g/mol. The Kier molecular flexibility index (Phi) is 6.98. The summed E-state index contributed by atoms with van der Waals surface area (Å²) in [5.74, 6) is 0.750. The lowest BCUT2D eigenvalue weighted by atomic mass is 10.0. The lowest BCUT2D eigenvalue weighted by Crippen LogP contribution is -2.12. The Morgan fingerprint density at radius 2 is 2.10 bits per heavy atom. The third-order valence-corrected chi connectivity index (χ3v) is 1.80. The fourth-order valence-electron chi connectivity index (χ4n) is 1.01. The van der Waals surface area contributed by atoms with Gasteiger partial charge in [0.05, 0.1) is 0 Å². The molecule has 0 aliphatic rings. The van der Waals surface area contributed by atoms with Crippen LogP contribution in [0.2, 0.25) is 0 Å². The van der Waals surface area contributed by atoms with Gasteiger partial charge in [0.25, 0.3) is 0 Å². The second kappa shape index (κ2) is 7.03. The van der Waals surface area contributed by atoms with E-state index in [1.807, 2.05) is 0 Å². The first kappa shape index (κ1) is 9.92. The summed E-state index contributed by atoms with van der Waals surface area (Å²) in [5.41, 5.74) is 2.18. The molecular weight excluding hydrogens is 126 g/mol. The van der Waals surface area contributed by atoms with Gasteiger partial charge in [0.1, 0.15) is 0 Å². The highest BCUT2D eigenvalue weighted by molar-refractivity contribution is 4.52. The van der Waals surface area contributed by atoms with Gasteiger partial charge in [-0.1, -0.05) is 33.1 Å². The zero-order chi connectivity index (χ0) is 7.82. The molecule has 0 heterocycles. The van der Waals surface area contributed by atoms with E-state index < -0.39 is 0 Å². The summed E-state index contributed by atoms with van der Waals surface area (Å²) in [6.45, 7) is 5.16. The number of hydrogen-bond acceptors (Lipinski definition) is 2. The summed E-state index contributed by atoms with van der Waals surface area (Å²) < 4.78 is 0. The van der Waals surface area contributed by atoms with E-state index in [1.165, 1.54) is 19.3 Å². The molecule has 0 saturated heterocycles. The maximum Gasteiger partial charge on any atom is 0.0210 e. The molecule has 1 atom stereocenters. The van der Waals surface area contributed by atoms with Crippen LogP contribution in [0.15, 0.2) is 0 Å². The molecule has 0 rings (SSSR count). The quantitative estimate of drug-likeness (QED) is 0.561. The van der Waals surface area contributed by atoms with Gasteiger partial charge in [0.15, 0.2) is 0 Å². The average Bonchev–Trinajstić information content (AvgIpc) is 1.97. The van der Waals surface area contributed by atoms with Crippen molar-refractivity contribution in [2.45, 2.75) is 39.5 Å². The Morgan fingerprint density at radius 1 is 1.40 bits per heavy atom. The first-order chi connectivity index (χ1) is 4.81. The van der Waals surface area contributed by atoms with E-state index in [0.29, 0.717) is 0 Å². The summed E-state index contributed by atoms with van der Waals surface area (Å²) in [4.78, 5) is 0. The highest BCUT2D eigenvalue weighted by atomic mass is 16.5. The van der Waals surface area contributed by atoms with Gasteiger partial charge in [0.2, 0.25) is 0 Å². The first-order valence-corrected chi connectivity index (χ1v) is 4.18. The Morgan fingerprint density at radius 3 is 2.60 bits per heavy atom. The fourth-order valence-corrected chi connectivity index (χ4v) is 1.01. The Labute approximate surface area is 63.6 Å². The number of unbranched alkanes of at least 4 members (excludes halogenated alkanes) is 1. The maximum absolute atomic E-state index is 8.29.